The Hall–Kier alpha value is -2.04. The Kier molecular flexibility index (Phi) is 6.21. The molecule has 1 amide bonds. The molecule has 0 radical (unpaired) electrons. The van der Waals surface area contributed by atoms with Crippen molar-refractivity contribution in [1.82, 2.24) is 5.32 Å². The van der Waals surface area contributed by atoms with E-state index in [9.17, 15) is 4.79 Å². The van der Waals surface area contributed by atoms with Crippen molar-refractivity contribution in [1.29, 1.82) is 0 Å². The maximum atomic E-state index is 11.8. The van der Waals surface area contributed by atoms with E-state index in [0.717, 1.165) is 5.56 Å². The van der Waals surface area contributed by atoms with Crippen LogP contribution >= 0.6 is 0 Å². The van der Waals surface area contributed by atoms with E-state index in [1.165, 1.54) is 5.56 Å². The van der Waals surface area contributed by atoms with Gasteiger partial charge in [0.2, 0.25) is 5.91 Å². The molecule has 0 saturated carbocycles. The lowest BCUT2D eigenvalue weighted by Gasteiger charge is -2.28. The van der Waals surface area contributed by atoms with Gasteiger partial charge in [-0.25, -0.2) is 0 Å². The summed E-state index contributed by atoms with van der Waals surface area (Å²) in [4.78, 5) is 14.5. The van der Waals surface area contributed by atoms with Crippen molar-refractivity contribution < 1.29 is 4.79 Å². The maximum absolute atomic E-state index is 11.8. The minimum absolute atomic E-state index is 0.393. The average molecular weight is 289 g/mol. The summed E-state index contributed by atoms with van der Waals surface area (Å²) in [7, 11) is 0. The number of hydrogen-bond donors (Lipinski definition) is 2. The van der Waals surface area contributed by atoms with Crippen LogP contribution in [-0.2, 0) is 10.3 Å². The fraction of sp³-hybridized carbons (Fsp3) is 0.533. The van der Waals surface area contributed by atoms with Crippen LogP contribution in [0.1, 0.15) is 44.2 Å². The third-order valence-corrected chi connectivity index (χ3v) is 3.62. The third kappa shape index (κ3) is 4.48. The Balaban J connectivity index is 2.83. The number of carbonyl (C=O) groups is 1. The smallest absolute Gasteiger partial charge is 0.242 e. The zero-order valence-corrected chi connectivity index (χ0v) is 12.8. The van der Waals surface area contributed by atoms with E-state index in [0.29, 0.717) is 25.4 Å². The molecule has 1 aromatic carbocycles. The molecule has 114 valence electrons. The number of hydrogen-bond acceptors (Lipinski definition) is 3. The molecule has 3 N–H and O–H groups in total. The largest absolute Gasteiger partial charge is 0.368 e. The Bertz CT molecular complexity index is 519. The van der Waals surface area contributed by atoms with Crippen LogP contribution in [0.15, 0.2) is 29.4 Å². The van der Waals surface area contributed by atoms with E-state index in [-0.39, 0.29) is 0 Å². The van der Waals surface area contributed by atoms with Gasteiger partial charge >= 0.3 is 0 Å². The fourth-order valence-electron chi connectivity index (χ4n) is 2.07. The van der Waals surface area contributed by atoms with E-state index in [2.05, 4.69) is 29.2 Å². The monoisotopic (exact) mass is 289 g/mol. The van der Waals surface area contributed by atoms with Crippen molar-refractivity contribution >= 4 is 5.91 Å². The number of carbonyl (C=O) groups excluding carboxylic acids is 1. The molecule has 1 unspecified atom stereocenters. The maximum Gasteiger partial charge on any atom is 0.242 e. The third-order valence-electron chi connectivity index (χ3n) is 3.62. The molecule has 0 saturated heterocycles. The van der Waals surface area contributed by atoms with Crippen molar-refractivity contribution in [2.24, 2.45) is 10.8 Å². The molecule has 0 aromatic heterocycles. The fourth-order valence-corrected chi connectivity index (χ4v) is 2.07. The first-order chi connectivity index (χ1) is 9.91. The minimum atomic E-state index is -0.925. The van der Waals surface area contributed by atoms with Gasteiger partial charge in [0.15, 0.2) is 0 Å². The number of amides is 1. The predicted molar refractivity (Wildman–Crippen MR) is 83.7 cm³/mol. The van der Waals surface area contributed by atoms with Gasteiger partial charge in [-0.05, 0) is 42.5 Å². The second-order valence-corrected chi connectivity index (χ2v) is 5.50. The summed E-state index contributed by atoms with van der Waals surface area (Å²) in [5.74, 6) is 0.0132. The molecule has 21 heavy (non-hydrogen) atoms. The standard InChI is InChI=1S/C15H23N5O/c1-11(2)12-5-7-13(8-6-12)15(3,14(16)21)18-9-4-10-19-20-17/h5-8,11,18H,4,9-10H2,1-3H3,(H2,16,21). The lowest BCUT2D eigenvalue weighted by molar-refractivity contribution is -0.124. The van der Waals surface area contributed by atoms with Crippen molar-refractivity contribution in [2.75, 3.05) is 13.1 Å². The number of primary amides is 1. The quantitative estimate of drug-likeness (QED) is 0.332. The van der Waals surface area contributed by atoms with Gasteiger partial charge in [0.1, 0.15) is 5.54 Å². The van der Waals surface area contributed by atoms with Crippen LogP contribution in [-0.4, -0.2) is 19.0 Å². The van der Waals surface area contributed by atoms with E-state index in [4.69, 9.17) is 11.3 Å². The lowest BCUT2D eigenvalue weighted by atomic mass is 9.89. The molecule has 0 fully saturated rings. The number of nitrogens with zero attached hydrogens (tertiary/aromatic N) is 3. The highest BCUT2D eigenvalue weighted by atomic mass is 16.1. The van der Waals surface area contributed by atoms with Gasteiger partial charge in [-0.15, -0.1) is 0 Å². The topological polar surface area (TPSA) is 104 Å². The molecular weight excluding hydrogens is 266 g/mol. The molecule has 1 aromatic rings. The summed E-state index contributed by atoms with van der Waals surface area (Å²) in [6.45, 7) is 6.95. The number of nitrogens with one attached hydrogen (secondary N) is 1. The highest BCUT2D eigenvalue weighted by molar-refractivity contribution is 5.85. The summed E-state index contributed by atoms with van der Waals surface area (Å²) < 4.78 is 0. The first-order valence-electron chi connectivity index (χ1n) is 7.08. The minimum Gasteiger partial charge on any atom is -0.368 e. The SMILES string of the molecule is CC(C)c1ccc(C(C)(NCCCN=[N+]=[N-])C(N)=O)cc1. The lowest BCUT2D eigenvalue weighted by Crippen LogP contribution is -2.50. The van der Waals surface area contributed by atoms with Crippen molar-refractivity contribution in [3.63, 3.8) is 0 Å². The zero-order valence-electron chi connectivity index (χ0n) is 12.8. The second kappa shape index (κ2) is 7.67. The molecule has 0 bridgehead atoms. The average Bonchev–Trinajstić information content (AvgIpc) is 2.46. The predicted octanol–water partition coefficient (Wildman–Crippen LogP) is 2.80. The summed E-state index contributed by atoms with van der Waals surface area (Å²) in [5.41, 5.74) is 14.9. The summed E-state index contributed by atoms with van der Waals surface area (Å²) >= 11 is 0. The van der Waals surface area contributed by atoms with Crippen LogP contribution in [0, 0.1) is 0 Å². The van der Waals surface area contributed by atoms with Gasteiger partial charge < -0.3 is 5.73 Å². The first-order valence-corrected chi connectivity index (χ1v) is 7.08. The molecule has 0 aliphatic rings. The molecule has 0 spiro atoms. The van der Waals surface area contributed by atoms with E-state index < -0.39 is 11.4 Å². The molecule has 1 rings (SSSR count). The van der Waals surface area contributed by atoms with Gasteiger partial charge in [0.25, 0.3) is 0 Å². The highest BCUT2D eigenvalue weighted by Crippen LogP contribution is 2.23. The first kappa shape index (κ1) is 17.0. The molecule has 0 aliphatic heterocycles. The van der Waals surface area contributed by atoms with Crippen molar-refractivity contribution in [2.45, 2.75) is 38.6 Å². The van der Waals surface area contributed by atoms with E-state index >= 15 is 0 Å². The molecule has 0 aliphatic carbocycles. The van der Waals surface area contributed by atoms with E-state index in [1.807, 2.05) is 24.3 Å². The van der Waals surface area contributed by atoms with Crippen LogP contribution in [0.3, 0.4) is 0 Å². The van der Waals surface area contributed by atoms with Crippen LogP contribution in [0.25, 0.3) is 10.4 Å². The van der Waals surface area contributed by atoms with Crippen LogP contribution in [0.5, 0.6) is 0 Å². The molecule has 6 nitrogen and oxygen atoms in total. The normalized spacial score (nSPS) is 13.5. The zero-order chi connectivity index (χ0) is 15.9. The number of azide groups is 1. The van der Waals surface area contributed by atoms with Crippen LogP contribution in [0.2, 0.25) is 0 Å². The summed E-state index contributed by atoms with van der Waals surface area (Å²) in [6.07, 6.45) is 0.650. The van der Waals surface area contributed by atoms with Gasteiger partial charge in [0.05, 0.1) is 0 Å². The molecule has 1 atom stereocenters. The van der Waals surface area contributed by atoms with Crippen LogP contribution in [0.4, 0.5) is 0 Å². The highest BCUT2D eigenvalue weighted by Gasteiger charge is 2.32. The molecular formula is C15H23N5O. The van der Waals surface area contributed by atoms with Gasteiger partial charge in [-0.1, -0.05) is 43.2 Å². The molecule has 6 heteroatoms. The Morgan fingerprint density at radius 3 is 2.52 bits per heavy atom. The summed E-state index contributed by atoms with van der Waals surface area (Å²) in [5, 5.41) is 6.63. The Morgan fingerprint density at radius 1 is 1.43 bits per heavy atom. The number of rotatable bonds is 8. The number of nitrogens with two attached hydrogens (primary N) is 1. The number of benzene rings is 1. The Labute approximate surface area is 125 Å². The van der Waals surface area contributed by atoms with Crippen molar-refractivity contribution in [3.05, 3.63) is 45.8 Å². The molecule has 0 heterocycles. The van der Waals surface area contributed by atoms with Crippen LogP contribution < -0.4 is 11.1 Å². The van der Waals surface area contributed by atoms with E-state index in [1.54, 1.807) is 6.92 Å². The van der Waals surface area contributed by atoms with Crippen molar-refractivity contribution in [3.8, 4) is 0 Å². The van der Waals surface area contributed by atoms with Gasteiger partial charge in [-0.3, -0.25) is 10.1 Å². The summed E-state index contributed by atoms with van der Waals surface area (Å²) in [6, 6.07) is 7.90. The Morgan fingerprint density at radius 2 is 2.05 bits per heavy atom. The van der Waals surface area contributed by atoms with Gasteiger partial charge in [-0.2, -0.15) is 0 Å². The van der Waals surface area contributed by atoms with Gasteiger partial charge in [0, 0.05) is 11.5 Å². The second-order valence-electron chi connectivity index (χ2n) is 5.50.